The Kier molecular flexibility index (Phi) is 7.02. The number of hydrogen-bond acceptors (Lipinski definition) is 4. The Morgan fingerprint density at radius 1 is 1.00 bits per heavy atom. The molecular weight excluding hydrogens is 434 g/mol. The zero-order valence-electron chi connectivity index (χ0n) is 18.1. The minimum Gasteiger partial charge on any atom is -0.324 e. The van der Waals surface area contributed by atoms with Gasteiger partial charge >= 0.3 is 12.4 Å². The second kappa shape index (κ2) is 9.25. The summed E-state index contributed by atoms with van der Waals surface area (Å²) < 4.78 is 78.6. The maximum atomic E-state index is 13.1. The molecular formula is C22H26F6N4. The maximum absolute atomic E-state index is 13.1. The molecule has 0 unspecified atom stereocenters. The lowest BCUT2D eigenvalue weighted by Gasteiger charge is -2.28. The van der Waals surface area contributed by atoms with Crippen LogP contribution < -0.4 is 5.32 Å². The van der Waals surface area contributed by atoms with Crippen LogP contribution in [0.2, 0.25) is 0 Å². The Balaban J connectivity index is 1.83. The molecule has 0 radical (unpaired) electrons. The number of aromatic nitrogens is 2. The van der Waals surface area contributed by atoms with Crippen molar-refractivity contribution in [2.45, 2.75) is 71.5 Å². The minimum absolute atomic E-state index is 0.0334. The molecule has 0 fully saturated rings. The van der Waals surface area contributed by atoms with Gasteiger partial charge in [-0.25, -0.2) is 9.97 Å². The molecule has 1 aliphatic heterocycles. The first-order valence-corrected chi connectivity index (χ1v) is 10.5. The Morgan fingerprint density at radius 3 is 2.16 bits per heavy atom. The standard InChI is InChI=1S/C22H26F6N4/c1-4-5-18(6-13(2)3)32-11-14-10-29-20(31-19(14)12-32)30-17-8-15(21(23,24)25)7-16(9-17)22(26,27)28/h7-10,13,18H,4-6,11-12H2,1-3H3,(H,29,30,31)/t18-/m0/s1. The van der Waals surface area contributed by atoms with E-state index in [4.69, 9.17) is 0 Å². The van der Waals surface area contributed by atoms with Gasteiger partial charge in [0.15, 0.2) is 0 Å². The predicted octanol–water partition coefficient (Wildman–Crippen LogP) is 6.79. The quantitative estimate of drug-likeness (QED) is 0.462. The van der Waals surface area contributed by atoms with Crippen molar-refractivity contribution in [1.82, 2.24) is 14.9 Å². The van der Waals surface area contributed by atoms with Crippen LogP contribution in [0.3, 0.4) is 0 Å². The van der Waals surface area contributed by atoms with Crippen molar-refractivity contribution in [3.05, 3.63) is 46.8 Å². The second-order valence-corrected chi connectivity index (χ2v) is 8.56. The fourth-order valence-corrected chi connectivity index (χ4v) is 3.98. The molecule has 32 heavy (non-hydrogen) atoms. The molecule has 0 aliphatic carbocycles. The van der Waals surface area contributed by atoms with E-state index in [1.807, 2.05) is 0 Å². The molecule has 1 aliphatic rings. The molecule has 1 N–H and O–H groups in total. The summed E-state index contributed by atoms with van der Waals surface area (Å²) in [6.07, 6.45) is -5.13. The van der Waals surface area contributed by atoms with Gasteiger partial charge in [-0.1, -0.05) is 27.2 Å². The first-order chi connectivity index (χ1) is 14.9. The monoisotopic (exact) mass is 460 g/mol. The van der Waals surface area contributed by atoms with Crippen molar-refractivity contribution in [1.29, 1.82) is 0 Å². The van der Waals surface area contributed by atoms with E-state index in [1.54, 1.807) is 6.20 Å². The zero-order valence-corrected chi connectivity index (χ0v) is 18.1. The van der Waals surface area contributed by atoms with Crippen LogP contribution in [0.1, 0.15) is 62.4 Å². The third kappa shape index (κ3) is 5.90. The minimum atomic E-state index is -4.91. The molecule has 2 heterocycles. The average molecular weight is 460 g/mol. The third-order valence-electron chi connectivity index (χ3n) is 5.41. The molecule has 4 nitrogen and oxygen atoms in total. The number of nitrogens with zero attached hydrogens (tertiary/aromatic N) is 3. The summed E-state index contributed by atoms with van der Waals surface area (Å²) in [7, 11) is 0. The van der Waals surface area contributed by atoms with Crippen molar-refractivity contribution in [2.75, 3.05) is 5.32 Å². The first kappa shape index (κ1) is 24.3. The molecule has 2 aromatic rings. The van der Waals surface area contributed by atoms with Gasteiger partial charge in [0, 0.05) is 36.6 Å². The molecule has 0 saturated carbocycles. The van der Waals surface area contributed by atoms with E-state index in [-0.39, 0.29) is 17.7 Å². The highest BCUT2D eigenvalue weighted by Gasteiger charge is 2.37. The largest absolute Gasteiger partial charge is 0.416 e. The summed E-state index contributed by atoms with van der Waals surface area (Å²) in [5, 5.41) is 2.52. The lowest BCUT2D eigenvalue weighted by molar-refractivity contribution is -0.143. The van der Waals surface area contributed by atoms with E-state index in [2.05, 4.69) is 41.0 Å². The van der Waals surface area contributed by atoms with E-state index < -0.39 is 23.5 Å². The van der Waals surface area contributed by atoms with Crippen LogP contribution in [-0.2, 0) is 25.4 Å². The van der Waals surface area contributed by atoms with Gasteiger partial charge in [0.2, 0.25) is 5.95 Å². The van der Waals surface area contributed by atoms with Gasteiger partial charge in [0.1, 0.15) is 0 Å². The summed E-state index contributed by atoms with van der Waals surface area (Å²) in [5.41, 5.74) is -1.50. The van der Waals surface area contributed by atoms with Gasteiger partial charge in [-0.2, -0.15) is 26.3 Å². The van der Waals surface area contributed by atoms with E-state index >= 15 is 0 Å². The molecule has 1 atom stereocenters. The number of anilines is 2. The molecule has 0 spiro atoms. The Bertz CT molecular complexity index is 907. The molecule has 0 saturated heterocycles. The van der Waals surface area contributed by atoms with Crippen molar-refractivity contribution < 1.29 is 26.3 Å². The SMILES string of the molecule is CCC[C@@H](CC(C)C)N1Cc2cnc(Nc3cc(C(F)(F)F)cc(C(F)(F)F)c3)nc2C1. The molecule has 1 aromatic heterocycles. The highest BCUT2D eigenvalue weighted by molar-refractivity contribution is 5.57. The number of fused-ring (bicyclic) bond motifs is 1. The number of alkyl halides is 6. The first-order valence-electron chi connectivity index (χ1n) is 10.5. The van der Waals surface area contributed by atoms with Crippen LogP contribution in [0.4, 0.5) is 38.0 Å². The van der Waals surface area contributed by atoms with Crippen molar-refractivity contribution in [3.8, 4) is 0 Å². The van der Waals surface area contributed by atoms with Crippen LogP contribution in [-0.4, -0.2) is 20.9 Å². The van der Waals surface area contributed by atoms with Crippen LogP contribution in [0.5, 0.6) is 0 Å². The smallest absolute Gasteiger partial charge is 0.324 e. The van der Waals surface area contributed by atoms with Gasteiger partial charge in [-0.3, -0.25) is 4.90 Å². The molecule has 0 bridgehead atoms. The highest BCUT2D eigenvalue weighted by atomic mass is 19.4. The maximum Gasteiger partial charge on any atom is 0.416 e. The molecule has 176 valence electrons. The topological polar surface area (TPSA) is 41.1 Å². The van der Waals surface area contributed by atoms with Gasteiger partial charge in [0.05, 0.1) is 16.8 Å². The zero-order chi connectivity index (χ0) is 23.7. The number of hydrogen-bond donors (Lipinski definition) is 1. The number of benzene rings is 1. The Hall–Kier alpha value is -2.36. The van der Waals surface area contributed by atoms with Gasteiger partial charge < -0.3 is 5.32 Å². The Morgan fingerprint density at radius 2 is 1.62 bits per heavy atom. The molecule has 10 heteroatoms. The summed E-state index contributed by atoms with van der Waals surface area (Å²) in [6, 6.07) is 1.72. The predicted molar refractivity (Wildman–Crippen MR) is 109 cm³/mol. The van der Waals surface area contributed by atoms with Crippen molar-refractivity contribution in [3.63, 3.8) is 0 Å². The van der Waals surface area contributed by atoms with Crippen LogP contribution >= 0.6 is 0 Å². The Labute approximate surface area is 183 Å². The summed E-state index contributed by atoms with van der Waals surface area (Å²) in [4.78, 5) is 10.8. The fourth-order valence-electron chi connectivity index (χ4n) is 3.98. The third-order valence-corrected chi connectivity index (χ3v) is 5.41. The summed E-state index contributed by atoms with van der Waals surface area (Å²) in [5.74, 6) is 0.497. The lowest BCUT2D eigenvalue weighted by Crippen LogP contribution is -2.31. The van der Waals surface area contributed by atoms with E-state index in [0.29, 0.717) is 37.2 Å². The lowest BCUT2D eigenvalue weighted by atomic mass is 9.99. The van der Waals surface area contributed by atoms with Crippen molar-refractivity contribution in [2.24, 2.45) is 5.92 Å². The molecule has 0 amide bonds. The molecule has 1 aromatic carbocycles. The highest BCUT2D eigenvalue weighted by Crippen LogP contribution is 2.38. The second-order valence-electron chi connectivity index (χ2n) is 8.56. The van der Waals surface area contributed by atoms with Crippen molar-refractivity contribution >= 4 is 11.6 Å². The number of rotatable bonds is 7. The van der Waals surface area contributed by atoms with Crippen LogP contribution in [0.15, 0.2) is 24.4 Å². The van der Waals surface area contributed by atoms with Crippen LogP contribution in [0, 0.1) is 5.92 Å². The number of nitrogens with one attached hydrogen (secondary N) is 1. The summed E-state index contributed by atoms with van der Waals surface area (Å²) in [6.45, 7) is 7.70. The average Bonchev–Trinajstić information content (AvgIpc) is 3.09. The van der Waals surface area contributed by atoms with E-state index in [0.717, 1.165) is 30.5 Å². The fraction of sp³-hybridized carbons (Fsp3) is 0.545. The van der Waals surface area contributed by atoms with Gasteiger partial charge in [0.25, 0.3) is 0 Å². The van der Waals surface area contributed by atoms with Crippen LogP contribution in [0.25, 0.3) is 0 Å². The molecule has 3 rings (SSSR count). The summed E-state index contributed by atoms with van der Waals surface area (Å²) >= 11 is 0. The number of halogens is 6. The van der Waals surface area contributed by atoms with Gasteiger partial charge in [-0.05, 0) is 37.0 Å². The van der Waals surface area contributed by atoms with E-state index in [9.17, 15) is 26.3 Å². The van der Waals surface area contributed by atoms with E-state index in [1.165, 1.54) is 0 Å². The normalized spacial score (nSPS) is 15.8. The van der Waals surface area contributed by atoms with Gasteiger partial charge in [-0.15, -0.1) is 0 Å².